The smallest absolute Gasteiger partial charge is 0.104 e. The molecule has 0 saturated carbocycles. The van der Waals surface area contributed by atoms with Crippen LogP contribution < -0.4 is 5.73 Å². The van der Waals surface area contributed by atoms with Crippen molar-refractivity contribution in [1.82, 2.24) is 0 Å². The van der Waals surface area contributed by atoms with E-state index in [4.69, 9.17) is 11.0 Å². The molecule has 0 aliphatic rings. The maximum atomic E-state index is 8.69. The van der Waals surface area contributed by atoms with E-state index in [0.29, 0.717) is 16.5 Å². The van der Waals surface area contributed by atoms with Crippen LogP contribution in [-0.2, 0) is 6.42 Å². The molecule has 0 atom stereocenters. The first-order valence-corrected chi connectivity index (χ1v) is 5.23. The van der Waals surface area contributed by atoms with Crippen LogP contribution in [0.5, 0.6) is 0 Å². The Morgan fingerprint density at radius 1 is 1.62 bits per heavy atom. The fourth-order valence-electron chi connectivity index (χ4n) is 1.10. The van der Waals surface area contributed by atoms with Gasteiger partial charge in [-0.05, 0) is 24.8 Å². The molecular weight excluding hydrogens is 180 g/mol. The quantitative estimate of drug-likeness (QED) is 0.804. The molecule has 0 aliphatic heterocycles. The molecule has 0 aliphatic carbocycles. The average molecular weight is 194 g/mol. The maximum Gasteiger partial charge on any atom is 0.104 e. The highest BCUT2D eigenvalue weighted by Gasteiger charge is 2.05. The Labute approximate surface area is 83.0 Å². The van der Waals surface area contributed by atoms with Gasteiger partial charge >= 0.3 is 0 Å². The van der Waals surface area contributed by atoms with Crippen molar-refractivity contribution in [1.29, 1.82) is 5.26 Å². The number of thiophene rings is 1. The molecule has 0 spiro atoms. The lowest BCUT2D eigenvalue weighted by Crippen LogP contribution is -1.89. The summed E-state index contributed by atoms with van der Waals surface area (Å²) in [6.45, 7) is 4.39. The van der Waals surface area contributed by atoms with Crippen LogP contribution in [0.4, 0.5) is 5.00 Å². The van der Waals surface area contributed by atoms with Crippen LogP contribution in [-0.4, -0.2) is 0 Å². The number of nitrogen functional groups attached to an aromatic ring is 1. The molecule has 1 rings (SSSR count). The van der Waals surface area contributed by atoms with Crippen LogP contribution in [0, 0.1) is 17.2 Å². The first-order chi connectivity index (χ1) is 6.13. The van der Waals surface area contributed by atoms with E-state index in [9.17, 15) is 0 Å². The number of rotatable bonds is 3. The van der Waals surface area contributed by atoms with Gasteiger partial charge in [0.2, 0.25) is 0 Å². The summed E-state index contributed by atoms with van der Waals surface area (Å²) in [6.07, 6.45) is 2.19. The first-order valence-electron chi connectivity index (χ1n) is 4.41. The van der Waals surface area contributed by atoms with Gasteiger partial charge in [0, 0.05) is 4.88 Å². The Balaban J connectivity index is 2.64. The largest absolute Gasteiger partial charge is 0.389 e. The standard InChI is InChI=1S/C10H14N2S/c1-7(2)3-4-9-5-8(6-11)10(12)13-9/h5,7H,3-4,12H2,1-2H3. The summed E-state index contributed by atoms with van der Waals surface area (Å²) in [6, 6.07) is 3.99. The number of anilines is 1. The molecule has 0 unspecified atom stereocenters. The lowest BCUT2D eigenvalue weighted by atomic mass is 10.1. The van der Waals surface area contributed by atoms with Crippen LogP contribution in [0.1, 0.15) is 30.7 Å². The van der Waals surface area contributed by atoms with Gasteiger partial charge in [0.1, 0.15) is 11.1 Å². The maximum absolute atomic E-state index is 8.69. The van der Waals surface area contributed by atoms with Crippen molar-refractivity contribution in [3.05, 3.63) is 16.5 Å². The summed E-state index contributed by atoms with van der Waals surface area (Å²) in [7, 11) is 0. The van der Waals surface area contributed by atoms with Crippen molar-refractivity contribution >= 4 is 16.3 Å². The third-order valence-corrected chi connectivity index (χ3v) is 2.92. The minimum absolute atomic E-state index is 0.628. The van der Waals surface area contributed by atoms with E-state index in [1.165, 1.54) is 16.2 Å². The zero-order chi connectivity index (χ0) is 9.84. The Morgan fingerprint density at radius 2 is 2.31 bits per heavy atom. The zero-order valence-electron chi connectivity index (χ0n) is 8.00. The van der Waals surface area contributed by atoms with Gasteiger partial charge in [0.15, 0.2) is 0 Å². The van der Waals surface area contributed by atoms with Gasteiger partial charge in [-0.1, -0.05) is 13.8 Å². The lowest BCUT2D eigenvalue weighted by molar-refractivity contribution is 0.590. The van der Waals surface area contributed by atoms with E-state index < -0.39 is 0 Å². The van der Waals surface area contributed by atoms with Crippen molar-refractivity contribution in [2.24, 2.45) is 5.92 Å². The van der Waals surface area contributed by atoms with E-state index >= 15 is 0 Å². The van der Waals surface area contributed by atoms with Crippen molar-refractivity contribution in [3.8, 4) is 6.07 Å². The van der Waals surface area contributed by atoms with Crippen LogP contribution in [0.2, 0.25) is 0 Å². The molecule has 1 heterocycles. The van der Waals surface area contributed by atoms with Crippen molar-refractivity contribution in [2.45, 2.75) is 26.7 Å². The van der Waals surface area contributed by atoms with Gasteiger partial charge in [0.05, 0.1) is 5.56 Å². The normalized spacial score (nSPS) is 10.3. The molecule has 0 amide bonds. The summed E-state index contributed by atoms with van der Waals surface area (Å²) < 4.78 is 0. The van der Waals surface area contributed by atoms with Crippen molar-refractivity contribution in [3.63, 3.8) is 0 Å². The van der Waals surface area contributed by atoms with Gasteiger partial charge in [-0.15, -0.1) is 11.3 Å². The molecule has 0 bridgehead atoms. The number of aryl methyl sites for hydroxylation is 1. The number of hydrogen-bond acceptors (Lipinski definition) is 3. The van der Waals surface area contributed by atoms with Gasteiger partial charge in [-0.3, -0.25) is 0 Å². The Bertz CT molecular complexity index is 320. The van der Waals surface area contributed by atoms with Gasteiger partial charge in [-0.2, -0.15) is 5.26 Å². The first kappa shape index (κ1) is 10.1. The van der Waals surface area contributed by atoms with Gasteiger partial charge in [0.25, 0.3) is 0 Å². The number of nitrogens with zero attached hydrogens (tertiary/aromatic N) is 1. The summed E-state index contributed by atoms with van der Waals surface area (Å²) >= 11 is 1.54. The van der Waals surface area contributed by atoms with Crippen LogP contribution >= 0.6 is 11.3 Å². The highest BCUT2D eigenvalue weighted by atomic mass is 32.1. The number of nitrogens with two attached hydrogens (primary N) is 1. The van der Waals surface area contributed by atoms with Crippen molar-refractivity contribution in [2.75, 3.05) is 5.73 Å². The third-order valence-electron chi connectivity index (χ3n) is 1.90. The van der Waals surface area contributed by atoms with E-state index in [0.717, 1.165) is 12.8 Å². The minimum atomic E-state index is 0.628. The molecule has 0 saturated heterocycles. The summed E-state index contributed by atoms with van der Waals surface area (Å²) in [5.41, 5.74) is 6.28. The Kier molecular flexibility index (Phi) is 3.32. The van der Waals surface area contributed by atoms with E-state index in [1.54, 1.807) is 0 Å². The summed E-state index contributed by atoms with van der Waals surface area (Å²) in [4.78, 5) is 1.22. The predicted molar refractivity (Wildman–Crippen MR) is 56.6 cm³/mol. The second-order valence-corrected chi connectivity index (χ2v) is 4.70. The highest BCUT2D eigenvalue weighted by Crippen LogP contribution is 2.25. The van der Waals surface area contributed by atoms with Crippen molar-refractivity contribution < 1.29 is 0 Å². The average Bonchev–Trinajstić information content (AvgIpc) is 2.43. The van der Waals surface area contributed by atoms with Gasteiger partial charge in [-0.25, -0.2) is 0 Å². The Morgan fingerprint density at radius 3 is 2.77 bits per heavy atom. The van der Waals surface area contributed by atoms with Crippen LogP contribution in [0.3, 0.4) is 0 Å². The van der Waals surface area contributed by atoms with E-state index in [1.807, 2.05) is 6.07 Å². The summed E-state index contributed by atoms with van der Waals surface area (Å²) in [5, 5.41) is 9.34. The molecule has 0 aromatic carbocycles. The molecule has 2 nitrogen and oxygen atoms in total. The SMILES string of the molecule is CC(C)CCc1cc(C#N)c(N)s1. The van der Waals surface area contributed by atoms with Crippen LogP contribution in [0.15, 0.2) is 6.07 Å². The van der Waals surface area contributed by atoms with E-state index in [-0.39, 0.29) is 0 Å². The second-order valence-electron chi connectivity index (χ2n) is 3.53. The third kappa shape index (κ3) is 2.74. The molecule has 1 aromatic rings. The number of hydrogen-bond donors (Lipinski definition) is 1. The monoisotopic (exact) mass is 194 g/mol. The highest BCUT2D eigenvalue weighted by molar-refractivity contribution is 7.16. The van der Waals surface area contributed by atoms with Crippen LogP contribution in [0.25, 0.3) is 0 Å². The van der Waals surface area contributed by atoms with Gasteiger partial charge < -0.3 is 5.73 Å². The zero-order valence-corrected chi connectivity index (χ0v) is 8.82. The molecule has 70 valence electrons. The molecule has 0 radical (unpaired) electrons. The lowest BCUT2D eigenvalue weighted by Gasteiger charge is -2.00. The minimum Gasteiger partial charge on any atom is -0.389 e. The molecule has 1 aromatic heterocycles. The predicted octanol–water partition coefficient (Wildman–Crippen LogP) is 2.79. The Hall–Kier alpha value is -1.01. The number of nitriles is 1. The summed E-state index contributed by atoms with van der Waals surface area (Å²) in [5.74, 6) is 0.703. The molecule has 3 heteroatoms. The molecule has 2 N–H and O–H groups in total. The fraction of sp³-hybridized carbons (Fsp3) is 0.500. The molecule has 13 heavy (non-hydrogen) atoms. The van der Waals surface area contributed by atoms with E-state index in [2.05, 4.69) is 19.9 Å². The second kappa shape index (κ2) is 4.29. The molecular formula is C10H14N2S. The fourth-order valence-corrected chi connectivity index (χ4v) is 1.99. The molecule has 0 fully saturated rings. The topological polar surface area (TPSA) is 49.8 Å².